The van der Waals surface area contributed by atoms with Gasteiger partial charge in [0.05, 0.1) is 4.90 Å². The van der Waals surface area contributed by atoms with E-state index in [1.54, 1.807) is 18.2 Å². The Bertz CT molecular complexity index is 677. The first-order valence-electron chi connectivity index (χ1n) is 5.60. The van der Waals surface area contributed by atoms with Crippen molar-refractivity contribution in [1.29, 1.82) is 0 Å². The molecule has 0 bridgehead atoms. The zero-order valence-electron chi connectivity index (χ0n) is 10.5. The van der Waals surface area contributed by atoms with E-state index in [4.69, 9.17) is 0 Å². The largest absolute Gasteiger partial charge is 0.263 e. The van der Waals surface area contributed by atoms with E-state index in [-0.39, 0.29) is 4.90 Å². The molecule has 19 heavy (non-hydrogen) atoms. The predicted molar refractivity (Wildman–Crippen MR) is 78.7 cm³/mol. The van der Waals surface area contributed by atoms with Crippen LogP contribution >= 0.6 is 15.9 Å². The molecule has 0 aliphatic heterocycles. The van der Waals surface area contributed by atoms with Crippen LogP contribution in [0, 0.1) is 13.8 Å². The maximum Gasteiger partial charge on any atom is 0.263 e. The van der Waals surface area contributed by atoms with E-state index in [1.165, 1.54) is 12.1 Å². The lowest BCUT2D eigenvalue weighted by molar-refractivity contribution is 0.601. The van der Waals surface area contributed by atoms with Crippen molar-refractivity contribution in [2.75, 3.05) is 4.72 Å². The minimum Gasteiger partial charge on any atom is -0.263 e. The van der Waals surface area contributed by atoms with Crippen LogP contribution in [-0.2, 0) is 10.0 Å². The third-order valence-corrected chi connectivity index (χ3v) is 4.36. The molecule has 1 aromatic heterocycles. The fourth-order valence-corrected chi connectivity index (χ4v) is 2.96. The highest BCUT2D eigenvalue weighted by Gasteiger charge is 2.14. The Morgan fingerprint density at radius 2 is 1.74 bits per heavy atom. The molecule has 6 heteroatoms. The molecule has 0 radical (unpaired) electrons. The molecule has 0 spiro atoms. The van der Waals surface area contributed by atoms with Crippen molar-refractivity contribution in [1.82, 2.24) is 4.98 Å². The highest BCUT2D eigenvalue weighted by molar-refractivity contribution is 9.10. The van der Waals surface area contributed by atoms with Crippen molar-refractivity contribution < 1.29 is 8.42 Å². The van der Waals surface area contributed by atoms with Crippen LogP contribution in [0.4, 0.5) is 5.82 Å². The standard InChI is InChI=1S/C13H13BrN2O2S/c1-9-7-10(2)15-13(8-9)16-19(17,18)12-5-3-11(14)4-6-12/h3-8H,1-2H3,(H,15,16). The number of pyridine rings is 1. The first-order chi connectivity index (χ1) is 8.87. The highest BCUT2D eigenvalue weighted by atomic mass is 79.9. The molecule has 0 amide bonds. The third-order valence-electron chi connectivity index (χ3n) is 2.46. The number of sulfonamides is 1. The maximum atomic E-state index is 12.2. The number of rotatable bonds is 3. The average molecular weight is 341 g/mol. The molecule has 1 N–H and O–H groups in total. The average Bonchev–Trinajstić information content (AvgIpc) is 2.27. The summed E-state index contributed by atoms with van der Waals surface area (Å²) in [5, 5.41) is 0. The van der Waals surface area contributed by atoms with Crippen molar-refractivity contribution >= 4 is 31.8 Å². The number of nitrogens with zero attached hydrogens (tertiary/aromatic N) is 1. The van der Waals surface area contributed by atoms with Crippen LogP contribution in [0.25, 0.3) is 0 Å². The van der Waals surface area contributed by atoms with E-state index in [9.17, 15) is 8.42 Å². The number of benzene rings is 1. The molecule has 1 heterocycles. The van der Waals surface area contributed by atoms with Gasteiger partial charge in [0.2, 0.25) is 0 Å². The van der Waals surface area contributed by atoms with E-state index < -0.39 is 10.0 Å². The molecule has 0 fully saturated rings. The van der Waals surface area contributed by atoms with E-state index in [0.717, 1.165) is 15.7 Å². The van der Waals surface area contributed by atoms with Gasteiger partial charge in [-0.2, -0.15) is 0 Å². The molecule has 0 saturated heterocycles. The Morgan fingerprint density at radius 1 is 1.11 bits per heavy atom. The lowest BCUT2D eigenvalue weighted by atomic mass is 10.2. The van der Waals surface area contributed by atoms with Gasteiger partial charge >= 0.3 is 0 Å². The van der Waals surface area contributed by atoms with Crippen LogP contribution in [-0.4, -0.2) is 13.4 Å². The molecule has 0 unspecified atom stereocenters. The number of aryl methyl sites for hydroxylation is 2. The van der Waals surface area contributed by atoms with Gasteiger partial charge in [-0.25, -0.2) is 13.4 Å². The van der Waals surface area contributed by atoms with Crippen molar-refractivity contribution in [2.24, 2.45) is 0 Å². The first kappa shape index (κ1) is 14.0. The van der Waals surface area contributed by atoms with E-state index in [1.807, 2.05) is 19.9 Å². The van der Waals surface area contributed by atoms with Gasteiger partial charge in [0.25, 0.3) is 10.0 Å². The normalized spacial score (nSPS) is 11.3. The minimum absolute atomic E-state index is 0.205. The monoisotopic (exact) mass is 340 g/mol. The van der Waals surface area contributed by atoms with E-state index >= 15 is 0 Å². The topological polar surface area (TPSA) is 59.1 Å². The van der Waals surface area contributed by atoms with E-state index in [2.05, 4.69) is 25.6 Å². The second-order valence-corrected chi connectivity index (χ2v) is 6.83. The minimum atomic E-state index is -3.60. The summed E-state index contributed by atoms with van der Waals surface area (Å²) in [5.74, 6) is 0.334. The quantitative estimate of drug-likeness (QED) is 0.932. The van der Waals surface area contributed by atoms with Crippen molar-refractivity contribution in [2.45, 2.75) is 18.7 Å². The van der Waals surface area contributed by atoms with Gasteiger partial charge in [-0.3, -0.25) is 4.72 Å². The van der Waals surface area contributed by atoms with Crippen LogP contribution in [0.3, 0.4) is 0 Å². The lowest BCUT2D eigenvalue weighted by Gasteiger charge is -2.09. The van der Waals surface area contributed by atoms with Gasteiger partial charge < -0.3 is 0 Å². The molecule has 1 aromatic carbocycles. The summed E-state index contributed by atoms with van der Waals surface area (Å²) in [7, 11) is -3.60. The number of nitrogens with one attached hydrogen (secondary N) is 1. The number of halogens is 1. The number of hydrogen-bond acceptors (Lipinski definition) is 3. The molecular weight excluding hydrogens is 328 g/mol. The molecule has 0 saturated carbocycles. The molecule has 2 aromatic rings. The molecule has 0 aliphatic rings. The SMILES string of the molecule is Cc1cc(C)nc(NS(=O)(=O)c2ccc(Br)cc2)c1. The summed E-state index contributed by atoms with van der Waals surface area (Å²) >= 11 is 3.27. The van der Waals surface area contributed by atoms with Gasteiger partial charge in [0.15, 0.2) is 0 Å². The lowest BCUT2D eigenvalue weighted by Crippen LogP contribution is -2.14. The fourth-order valence-electron chi connectivity index (χ4n) is 1.70. The van der Waals surface area contributed by atoms with Gasteiger partial charge in [-0.1, -0.05) is 15.9 Å². The second-order valence-electron chi connectivity index (χ2n) is 4.23. The van der Waals surface area contributed by atoms with Crippen molar-refractivity contribution in [3.8, 4) is 0 Å². The first-order valence-corrected chi connectivity index (χ1v) is 7.88. The molecule has 0 atom stereocenters. The Balaban J connectivity index is 2.33. The molecule has 4 nitrogen and oxygen atoms in total. The molecule has 2 rings (SSSR count). The summed E-state index contributed by atoms with van der Waals surface area (Å²) in [6, 6.07) is 10.0. The summed E-state index contributed by atoms with van der Waals surface area (Å²) in [6.07, 6.45) is 0. The van der Waals surface area contributed by atoms with Crippen LogP contribution in [0.5, 0.6) is 0 Å². The number of anilines is 1. The maximum absolute atomic E-state index is 12.2. The van der Waals surface area contributed by atoms with Gasteiger partial charge in [-0.05, 0) is 55.8 Å². The van der Waals surface area contributed by atoms with Gasteiger partial charge in [0.1, 0.15) is 5.82 Å². The summed E-state index contributed by atoms with van der Waals surface area (Å²) in [5.41, 5.74) is 1.73. The van der Waals surface area contributed by atoms with Gasteiger partial charge in [0, 0.05) is 10.2 Å². The summed E-state index contributed by atoms with van der Waals surface area (Å²) in [4.78, 5) is 4.37. The second kappa shape index (κ2) is 5.30. The van der Waals surface area contributed by atoms with Crippen LogP contribution < -0.4 is 4.72 Å². The molecule has 100 valence electrons. The van der Waals surface area contributed by atoms with Crippen molar-refractivity contribution in [3.63, 3.8) is 0 Å². The molecule has 0 aliphatic carbocycles. The Kier molecular flexibility index (Phi) is 3.91. The zero-order valence-corrected chi connectivity index (χ0v) is 12.9. The Hall–Kier alpha value is -1.40. The Labute approximate surface area is 121 Å². The van der Waals surface area contributed by atoms with E-state index in [0.29, 0.717) is 5.82 Å². The fraction of sp³-hybridized carbons (Fsp3) is 0.154. The number of aromatic nitrogens is 1. The third kappa shape index (κ3) is 3.54. The van der Waals surface area contributed by atoms with Crippen LogP contribution in [0.2, 0.25) is 0 Å². The molecular formula is C13H13BrN2O2S. The summed E-state index contributed by atoms with van der Waals surface area (Å²) < 4.78 is 27.6. The summed E-state index contributed by atoms with van der Waals surface area (Å²) in [6.45, 7) is 3.72. The Morgan fingerprint density at radius 3 is 2.32 bits per heavy atom. The van der Waals surface area contributed by atoms with Gasteiger partial charge in [-0.15, -0.1) is 0 Å². The van der Waals surface area contributed by atoms with Crippen LogP contribution in [0.1, 0.15) is 11.3 Å². The van der Waals surface area contributed by atoms with Crippen molar-refractivity contribution in [3.05, 3.63) is 52.1 Å². The highest BCUT2D eigenvalue weighted by Crippen LogP contribution is 2.18. The zero-order chi connectivity index (χ0) is 14.0. The predicted octanol–water partition coefficient (Wildman–Crippen LogP) is 3.26. The van der Waals surface area contributed by atoms with Crippen LogP contribution in [0.15, 0.2) is 45.8 Å². The number of hydrogen-bond donors (Lipinski definition) is 1. The smallest absolute Gasteiger partial charge is 0.263 e.